The van der Waals surface area contributed by atoms with E-state index < -0.39 is 0 Å². The lowest BCUT2D eigenvalue weighted by Crippen LogP contribution is -1.95. The van der Waals surface area contributed by atoms with Gasteiger partial charge in [-0.25, -0.2) is 9.97 Å². The molecule has 0 bridgehead atoms. The van der Waals surface area contributed by atoms with Crippen molar-refractivity contribution < 1.29 is 9.15 Å². The molecular weight excluding hydrogens is 314 g/mol. The highest BCUT2D eigenvalue weighted by atomic mass is 16.5. The summed E-state index contributed by atoms with van der Waals surface area (Å²) >= 11 is 0. The van der Waals surface area contributed by atoms with Gasteiger partial charge >= 0.3 is 0 Å². The number of H-pyrrole nitrogens is 1. The number of aromatic amines is 1. The maximum atomic E-state index is 5.71. The Morgan fingerprint density at radius 3 is 2.96 bits per heavy atom. The summed E-state index contributed by atoms with van der Waals surface area (Å²) < 4.78 is 11.1. The number of rotatable bonds is 6. The van der Waals surface area contributed by atoms with Gasteiger partial charge in [-0.15, -0.1) is 6.58 Å². The van der Waals surface area contributed by atoms with E-state index >= 15 is 0 Å². The highest BCUT2D eigenvalue weighted by molar-refractivity contribution is 5.80. The summed E-state index contributed by atoms with van der Waals surface area (Å²) in [5, 5.41) is 0. The molecule has 3 aromatic heterocycles. The van der Waals surface area contributed by atoms with Crippen molar-refractivity contribution in [2.45, 2.75) is 6.42 Å². The molecule has 1 N–H and O–H groups in total. The molecule has 4 rings (SSSR count). The van der Waals surface area contributed by atoms with Gasteiger partial charge in [0.25, 0.3) is 0 Å². The molecule has 0 amide bonds. The summed E-state index contributed by atoms with van der Waals surface area (Å²) in [6.07, 6.45) is 6.07. The highest BCUT2D eigenvalue weighted by Crippen LogP contribution is 2.26. The van der Waals surface area contributed by atoms with Crippen LogP contribution in [0.2, 0.25) is 0 Å². The van der Waals surface area contributed by atoms with Crippen molar-refractivity contribution in [2.75, 3.05) is 6.61 Å². The molecule has 0 aliphatic heterocycles. The van der Waals surface area contributed by atoms with Crippen LogP contribution in [0.15, 0.2) is 72.0 Å². The van der Waals surface area contributed by atoms with Gasteiger partial charge in [0.2, 0.25) is 0 Å². The Morgan fingerprint density at radius 2 is 2.12 bits per heavy atom. The summed E-state index contributed by atoms with van der Waals surface area (Å²) in [6.45, 7) is 4.31. The Labute approximate surface area is 145 Å². The van der Waals surface area contributed by atoms with E-state index in [1.165, 1.54) is 0 Å². The van der Waals surface area contributed by atoms with Crippen LogP contribution in [-0.2, 0) is 0 Å². The second-order valence-corrected chi connectivity index (χ2v) is 5.61. The number of fused-ring (bicyclic) bond motifs is 1. The zero-order valence-corrected chi connectivity index (χ0v) is 13.6. The van der Waals surface area contributed by atoms with Gasteiger partial charge in [0, 0.05) is 17.3 Å². The van der Waals surface area contributed by atoms with Crippen molar-refractivity contribution in [1.29, 1.82) is 0 Å². The van der Waals surface area contributed by atoms with Crippen molar-refractivity contribution in [3.8, 4) is 28.5 Å². The topological polar surface area (TPSA) is 63.9 Å². The molecule has 1 aromatic carbocycles. The average Bonchev–Trinajstić information content (AvgIpc) is 3.31. The van der Waals surface area contributed by atoms with E-state index in [1.807, 2.05) is 48.5 Å². The molecule has 3 heterocycles. The Balaban J connectivity index is 1.65. The van der Waals surface area contributed by atoms with Crippen LogP contribution < -0.4 is 4.74 Å². The molecule has 4 aromatic rings. The van der Waals surface area contributed by atoms with Gasteiger partial charge < -0.3 is 14.1 Å². The fraction of sp³-hybridized carbons (Fsp3) is 0.100. The third-order valence-corrected chi connectivity index (χ3v) is 3.84. The lowest BCUT2D eigenvalue weighted by Gasteiger charge is -2.05. The van der Waals surface area contributed by atoms with Gasteiger partial charge in [0.15, 0.2) is 5.65 Å². The molecule has 0 radical (unpaired) electrons. The maximum Gasteiger partial charge on any atom is 0.157 e. The minimum Gasteiger partial charge on any atom is -0.493 e. The largest absolute Gasteiger partial charge is 0.493 e. The summed E-state index contributed by atoms with van der Waals surface area (Å²) in [4.78, 5) is 12.4. The summed E-state index contributed by atoms with van der Waals surface area (Å²) in [7, 11) is 0. The zero-order chi connectivity index (χ0) is 17.1. The second-order valence-electron chi connectivity index (χ2n) is 5.61. The number of nitrogens with zero attached hydrogens (tertiary/aromatic N) is 2. The van der Waals surface area contributed by atoms with Gasteiger partial charge in [-0.3, -0.25) is 0 Å². The number of imidazole rings is 1. The fourth-order valence-electron chi connectivity index (χ4n) is 2.60. The first kappa shape index (κ1) is 15.2. The number of hydrogen-bond acceptors (Lipinski definition) is 4. The number of benzene rings is 1. The minimum atomic E-state index is 0.612. The lowest BCUT2D eigenvalue weighted by atomic mass is 10.2. The van der Waals surface area contributed by atoms with Gasteiger partial charge in [-0.2, -0.15) is 0 Å². The summed E-state index contributed by atoms with van der Waals surface area (Å²) in [5.74, 6) is 2.34. The second kappa shape index (κ2) is 6.65. The molecule has 5 heteroatoms. The highest BCUT2D eigenvalue weighted by Gasteiger charge is 2.10. The number of ether oxygens (including phenoxy) is 1. The smallest absolute Gasteiger partial charge is 0.157 e. The summed E-state index contributed by atoms with van der Waals surface area (Å²) in [5.41, 5.74) is 3.39. The molecule has 25 heavy (non-hydrogen) atoms. The molecule has 0 saturated heterocycles. The quantitative estimate of drug-likeness (QED) is 0.405. The van der Waals surface area contributed by atoms with E-state index in [9.17, 15) is 0 Å². The Kier molecular flexibility index (Phi) is 4.04. The zero-order valence-electron chi connectivity index (χ0n) is 13.6. The average molecular weight is 331 g/mol. The molecular formula is C20H17N3O2. The van der Waals surface area contributed by atoms with E-state index in [1.54, 1.807) is 12.5 Å². The van der Waals surface area contributed by atoms with E-state index in [4.69, 9.17) is 9.15 Å². The molecule has 0 aliphatic carbocycles. The van der Waals surface area contributed by atoms with Crippen molar-refractivity contribution >= 4 is 11.2 Å². The first-order valence-corrected chi connectivity index (χ1v) is 8.07. The first-order chi connectivity index (χ1) is 12.3. The van der Waals surface area contributed by atoms with E-state index in [0.29, 0.717) is 6.61 Å². The number of hydrogen-bond donors (Lipinski definition) is 1. The number of furan rings is 1. The minimum absolute atomic E-state index is 0.612. The number of aromatic nitrogens is 3. The molecule has 0 saturated carbocycles. The number of nitrogens with one attached hydrogen (secondary N) is 1. The van der Waals surface area contributed by atoms with Crippen molar-refractivity contribution in [3.63, 3.8) is 0 Å². The Bertz CT molecular complexity index is 1000. The van der Waals surface area contributed by atoms with Crippen LogP contribution in [-0.4, -0.2) is 21.6 Å². The Morgan fingerprint density at radius 1 is 1.16 bits per heavy atom. The standard InChI is InChI=1S/C20H17N3O2/c1-2-3-9-24-16-7-4-6-14(11-16)19-22-17-12-15(13-21-20(17)23-19)18-8-5-10-25-18/h2,4-8,10-13H,1,3,9H2,(H,21,22,23). The van der Waals surface area contributed by atoms with Gasteiger partial charge in [0.05, 0.1) is 12.9 Å². The fourth-order valence-corrected chi connectivity index (χ4v) is 2.60. The van der Waals surface area contributed by atoms with Crippen LogP contribution in [0.1, 0.15) is 6.42 Å². The molecule has 124 valence electrons. The van der Waals surface area contributed by atoms with Crippen LogP contribution in [0, 0.1) is 0 Å². The van der Waals surface area contributed by atoms with Gasteiger partial charge in [-0.05, 0) is 36.8 Å². The first-order valence-electron chi connectivity index (χ1n) is 8.07. The third-order valence-electron chi connectivity index (χ3n) is 3.84. The normalized spacial score (nSPS) is 10.9. The molecule has 0 atom stereocenters. The summed E-state index contributed by atoms with van der Waals surface area (Å²) in [6, 6.07) is 13.6. The predicted octanol–water partition coefficient (Wildman–Crippen LogP) is 4.84. The van der Waals surface area contributed by atoms with Crippen LogP contribution in [0.25, 0.3) is 33.9 Å². The molecule has 0 fully saturated rings. The van der Waals surface area contributed by atoms with Crippen LogP contribution >= 0.6 is 0 Å². The van der Waals surface area contributed by atoms with E-state index in [0.717, 1.165) is 46.0 Å². The van der Waals surface area contributed by atoms with Crippen LogP contribution in [0.5, 0.6) is 5.75 Å². The van der Waals surface area contributed by atoms with E-state index in [-0.39, 0.29) is 0 Å². The SMILES string of the molecule is C=CCCOc1cccc(-c2nc3cc(-c4ccco4)cnc3[nH]2)c1. The van der Waals surface area contributed by atoms with E-state index in [2.05, 4.69) is 21.5 Å². The molecule has 0 spiro atoms. The van der Waals surface area contributed by atoms with Crippen molar-refractivity contribution in [3.05, 3.63) is 67.6 Å². The third kappa shape index (κ3) is 3.17. The van der Waals surface area contributed by atoms with Gasteiger partial charge in [0.1, 0.15) is 22.9 Å². The maximum absolute atomic E-state index is 5.71. The lowest BCUT2D eigenvalue weighted by molar-refractivity contribution is 0.325. The Hall–Kier alpha value is -3.34. The molecule has 5 nitrogen and oxygen atoms in total. The van der Waals surface area contributed by atoms with Crippen molar-refractivity contribution in [2.24, 2.45) is 0 Å². The van der Waals surface area contributed by atoms with Crippen LogP contribution in [0.3, 0.4) is 0 Å². The molecule has 0 unspecified atom stereocenters. The number of pyridine rings is 1. The van der Waals surface area contributed by atoms with Crippen LogP contribution in [0.4, 0.5) is 0 Å². The predicted molar refractivity (Wildman–Crippen MR) is 97.3 cm³/mol. The van der Waals surface area contributed by atoms with Crippen molar-refractivity contribution in [1.82, 2.24) is 15.0 Å². The molecule has 0 aliphatic rings. The van der Waals surface area contributed by atoms with Gasteiger partial charge in [-0.1, -0.05) is 18.2 Å². The monoisotopic (exact) mass is 331 g/mol.